The van der Waals surface area contributed by atoms with Crippen LogP contribution in [0, 0.1) is 0 Å². The summed E-state index contributed by atoms with van der Waals surface area (Å²) < 4.78 is 7.15. The quantitative estimate of drug-likeness (QED) is 0.195. The number of aromatic nitrogens is 2. The molecule has 0 atom stereocenters. The van der Waals surface area contributed by atoms with E-state index in [1.807, 2.05) is 12.5 Å². The maximum absolute atomic E-state index is 5.08. The average molecular weight is 519 g/mol. The Kier molecular flexibility index (Phi) is 10.4. The van der Waals surface area contributed by atoms with Crippen LogP contribution in [0.1, 0.15) is 17.5 Å². The van der Waals surface area contributed by atoms with Crippen LogP contribution in [0.15, 0.2) is 72.2 Å². The molecule has 0 aliphatic carbocycles. The van der Waals surface area contributed by atoms with Crippen LogP contribution in [0.25, 0.3) is 11.1 Å². The van der Waals surface area contributed by atoms with Gasteiger partial charge in [0, 0.05) is 52.8 Å². The lowest BCUT2D eigenvalue weighted by atomic mass is 9.98. The van der Waals surface area contributed by atoms with Crippen molar-refractivity contribution in [1.29, 1.82) is 0 Å². The molecule has 0 spiro atoms. The van der Waals surface area contributed by atoms with Gasteiger partial charge in [-0.2, -0.15) is 0 Å². The van der Waals surface area contributed by atoms with Crippen LogP contribution in [0.3, 0.4) is 0 Å². The third-order valence-corrected chi connectivity index (χ3v) is 4.69. The normalized spacial score (nSPS) is 11.1. The Morgan fingerprint density at radius 3 is 2.60 bits per heavy atom. The Morgan fingerprint density at radius 2 is 1.90 bits per heavy atom. The summed E-state index contributed by atoms with van der Waals surface area (Å²) in [6.45, 7) is 3.10. The van der Waals surface area contributed by atoms with Crippen molar-refractivity contribution in [3.8, 4) is 11.1 Å². The van der Waals surface area contributed by atoms with Gasteiger partial charge in [-0.15, -0.1) is 24.0 Å². The molecule has 0 saturated carbocycles. The zero-order valence-corrected chi connectivity index (χ0v) is 19.9. The first-order chi connectivity index (χ1) is 14.3. The molecule has 3 aromatic rings. The van der Waals surface area contributed by atoms with Gasteiger partial charge >= 0.3 is 0 Å². The summed E-state index contributed by atoms with van der Waals surface area (Å²) in [6, 6.07) is 17.2. The van der Waals surface area contributed by atoms with E-state index in [1.54, 1.807) is 20.4 Å². The average Bonchev–Trinajstić information content (AvgIpc) is 3.27. The van der Waals surface area contributed by atoms with Crippen LogP contribution in [0.5, 0.6) is 0 Å². The van der Waals surface area contributed by atoms with E-state index >= 15 is 0 Å². The Hall–Kier alpha value is -2.39. The number of nitrogens with zero attached hydrogens (tertiary/aromatic N) is 3. The van der Waals surface area contributed by atoms with Gasteiger partial charge in [-0.25, -0.2) is 4.98 Å². The maximum atomic E-state index is 5.08. The lowest BCUT2D eigenvalue weighted by Crippen LogP contribution is -2.37. The predicted octanol–water partition coefficient (Wildman–Crippen LogP) is 3.92. The van der Waals surface area contributed by atoms with Gasteiger partial charge in [-0.05, 0) is 28.7 Å². The molecule has 0 aliphatic heterocycles. The van der Waals surface area contributed by atoms with Crippen LogP contribution in [0.4, 0.5) is 0 Å². The van der Waals surface area contributed by atoms with Gasteiger partial charge in [0.05, 0.1) is 6.33 Å². The van der Waals surface area contributed by atoms with Crippen molar-refractivity contribution in [2.24, 2.45) is 4.99 Å². The van der Waals surface area contributed by atoms with Gasteiger partial charge in [0.1, 0.15) is 0 Å². The molecule has 0 fully saturated rings. The number of methoxy groups -OCH3 is 1. The molecular weight excluding hydrogens is 489 g/mol. The van der Waals surface area contributed by atoms with E-state index in [0.717, 1.165) is 32.1 Å². The van der Waals surface area contributed by atoms with Gasteiger partial charge in [0.2, 0.25) is 0 Å². The molecule has 0 amide bonds. The first kappa shape index (κ1) is 23.9. The van der Waals surface area contributed by atoms with Crippen molar-refractivity contribution >= 4 is 29.9 Å². The lowest BCUT2D eigenvalue weighted by Gasteiger charge is -2.15. The number of guanidine groups is 1. The number of benzene rings is 2. The van der Waals surface area contributed by atoms with Crippen molar-refractivity contribution in [2.75, 3.05) is 27.3 Å². The summed E-state index contributed by atoms with van der Waals surface area (Å²) in [5, 5.41) is 6.72. The minimum atomic E-state index is 0. The molecule has 6 nitrogen and oxygen atoms in total. The Balaban J connectivity index is 0.00000320. The number of ether oxygens (including phenoxy) is 1. The molecule has 0 unspecified atom stereocenters. The molecule has 2 aromatic carbocycles. The minimum absolute atomic E-state index is 0. The van der Waals surface area contributed by atoms with Gasteiger partial charge in [0.25, 0.3) is 0 Å². The van der Waals surface area contributed by atoms with Crippen molar-refractivity contribution in [2.45, 2.75) is 19.5 Å². The fourth-order valence-electron chi connectivity index (χ4n) is 3.16. The van der Waals surface area contributed by atoms with Crippen molar-refractivity contribution < 1.29 is 4.74 Å². The van der Waals surface area contributed by atoms with E-state index in [2.05, 4.69) is 73.7 Å². The smallest absolute Gasteiger partial charge is 0.191 e. The highest BCUT2D eigenvalue weighted by atomic mass is 127. The van der Waals surface area contributed by atoms with Crippen LogP contribution in [-0.4, -0.2) is 42.8 Å². The first-order valence-corrected chi connectivity index (χ1v) is 9.86. The number of hydrogen-bond acceptors (Lipinski definition) is 3. The highest BCUT2D eigenvalue weighted by Gasteiger charge is 2.06. The fourth-order valence-corrected chi connectivity index (χ4v) is 3.16. The predicted molar refractivity (Wildman–Crippen MR) is 133 cm³/mol. The summed E-state index contributed by atoms with van der Waals surface area (Å²) >= 11 is 0. The fraction of sp³-hybridized carbons (Fsp3) is 0.304. The number of halogens is 1. The van der Waals surface area contributed by atoms with Crippen LogP contribution >= 0.6 is 24.0 Å². The van der Waals surface area contributed by atoms with E-state index < -0.39 is 0 Å². The van der Waals surface area contributed by atoms with E-state index in [4.69, 9.17) is 4.74 Å². The van der Waals surface area contributed by atoms with Crippen LogP contribution in [0.2, 0.25) is 0 Å². The Bertz CT molecular complexity index is 894. The first-order valence-electron chi connectivity index (χ1n) is 9.86. The number of nitrogens with one attached hydrogen (secondary N) is 2. The number of hydrogen-bond donors (Lipinski definition) is 2. The van der Waals surface area contributed by atoms with Gasteiger partial charge in [0.15, 0.2) is 5.96 Å². The molecule has 1 heterocycles. The number of rotatable bonds is 9. The Morgan fingerprint density at radius 1 is 1.10 bits per heavy atom. The third kappa shape index (κ3) is 7.14. The van der Waals surface area contributed by atoms with Crippen LogP contribution < -0.4 is 10.6 Å². The molecule has 0 saturated heterocycles. The summed E-state index contributed by atoms with van der Waals surface area (Å²) in [4.78, 5) is 8.40. The lowest BCUT2D eigenvalue weighted by molar-refractivity contribution is 0.195. The van der Waals surface area contributed by atoms with Gasteiger partial charge < -0.3 is 19.9 Å². The second-order valence-electron chi connectivity index (χ2n) is 6.79. The second kappa shape index (κ2) is 13.0. The Labute approximate surface area is 195 Å². The number of aliphatic imine (C=N–C) groups is 1. The van der Waals surface area contributed by atoms with E-state index in [0.29, 0.717) is 6.54 Å². The van der Waals surface area contributed by atoms with Crippen molar-refractivity contribution in [3.63, 3.8) is 0 Å². The van der Waals surface area contributed by atoms with Gasteiger partial charge in [-0.1, -0.05) is 48.5 Å². The summed E-state index contributed by atoms with van der Waals surface area (Å²) in [5.74, 6) is 0.798. The highest BCUT2D eigenvalue weighted by molar-refractivity contribution is 14.0. The molecule has 7 heteroatoms. The monoisotopic (exact) mass is 519 g/mol. The maximum Gasteiger partial charge on any atom is 0.191 e. The van der Waals surface area contributed by atoms with E-state index in [1.165, 1.54) is 22.3 Å². The zero-order chi connectivity index (χ0) is 20.3. The molecule has 2 N–H and O–H groups in total. The van der Waals surface area contributed by atoms with Crippen molar-refractivity contribution in [3.05, 3.63) is 78.4 Å². The summed E-state index contributed by atoms with van der Waals surface area (Å²) in [5.41, 5.74) is 4.92. The summed E-state index contributed by atoms with van der Waals surface area (Å²) in [7, 11) is 3.50. The SMILES string of the molecule is CN=C(NCCCOC)NCc1ccccc1-c1ccc(Cn2ccnc2)cc1.I. The molecule has 0 radical (unpaired) electrons. The molecule has 0 bridgehead atoms. The molecular formula is C23H30IN5O. The minimum Gasteiger partial charge on any atom is -0.385 e. The molecule has 0 aliphatic rings. The zero-order valence-electron chi connectivity index (χ0n) is 17.5. The van der Waals surface area contributed by atoms with Crippen molar-refractivity contribution in [1.82, 2.24) is 20.2 Å². The van der Waals surface area contributed by atoms with E-state index in [9.17, 15) is 0 Å². The second-order valence-corrected chi connectivity index (χ2v) is 6.79. The standard InChI is InChI=1S/C23H29N5O.HI/c1-24-23(26-12-5-15-29-2)27-16-21-6-3-4-7-22(21)20-10-8-19(9-11-20)17-28-14-13-25-18-28;/h3-4,6-11,13-14,18H,5,12,15-17H2,1-2H3,(H2,24,26,27);1H. The topological polar surface area (TPSA) is 63.5 Å². The molecule has 3 rings (SSSR count). The third-order valence-electron chi connectivity index (χ3n) is 4.69. The molecule has 30 heavy (non-hydrogen) atoms. The molecule has 160 valence electrons. The number of imidazole rings is 1. The van der Waals surface area contributed by atoms with E-state index in [-0.39, 0.29) is 24.0 Å². The summed E-state index contributed by atoms with van der Waals surface area (Å²) in [6.07, 6.45) is 6.56. The largest absolute Gasteiger partial charge is 0.385 e. The molecule has 1 aromatic heterocycles. The highest BCUT2D eigenvalue weighted by Crippen LogP contribution is 2.24. The van der Waals surface area contributed by atoms with Gasteiger partial charge in [-0.3, -0.25) is 4.99 Å². The van der Waals surface area contributed by atoms with Crippen LogP contribution in [-0.2, 0) is 17.8 Å².